The summed E-state index contributed by atoms with van der Waals surface area (Å²) in [7, 11) is 0. The molecule has 0 unspecified atom stereocenters. The van der Waals surface area contributed by atoms with Gasteiger partial charge in [0, 0.05) is 12.8 Å². The highest BCUT2D eigenvalue weighted by atomic mass is 16.4. The molecule has 2 aromatic carbocycles. The Labute approximate surface area is 336 Å². The lowest BCUT2D eigenvalue weighted by atomic mass is 9.99. The Kier molecular flexibility index (Phi) is 22.0. The Hall–Kier alpha value is -5.02. The van der Waals surface area contributed by atoms with Crippen LogP contribution < -0.4 is 38.1 Å². The van der Waals surface area contributed by atoms with Crippen molar-refractivity contribution in [2.45, 2.75) is 141 Å². The van der Waals surface area contributed by atoms with Crippen LogP contribution in [-0.4, -0.2) is 88.5 Å². The van der Waals surface area contributed by atoms with Gasteiger partial charge in [-0.3, -0.25) is 24.0 Å². The molecule has 316 valence electrons. The van der Waals surface area contributed by atoms with Crippen molar-refractivity contribution < 1.29 is 39.0 Å². The molecule has 6 atom stereocenters. The Morgan fingerprint density at radius 1 is 0.579 bits per heavy atom. The first-order valence-electron chi connectivity index (χ1n) is 20.2. The maximum atomic E-state index is 14.2. The molecule has 0 aliphatic rings. The van der Waals surface area contributed by atoms with E-state index in [-0.39, 0.29) is 37.4 Å². The van der Waals surface area contributed by atoms with Gasteiger partial charge >= 0.3 is 5.97 Å². The van der Waals surface area contributed by atoms with Gasteiger partial charge in [0.2, 0.25) is 29.5 Å². The van der Waals surface area contributed by atoms with E-state index in [0.29, 0.717) is 50.6 Å². The second-order valence-electron chi connectivity index (χ2n) is 15.0. The minimum absolute atomic E-state index is 0.00239. The number of carboxylic acid groups (broad SMARTS) is 1. The molecule has 11 N–H and O–H groups in total. The first-order valence-corrected chi connectivity index (χ1v) is 20.2. The molecule has 2 rings (SSSR count). The number of hydrogen-bond acceptors (Lipinski definition) is 9. The van der Waals surface area contributed by atoms with Gasteiger partial charge in [0.05, 0.1) is 6.04 Å². The number of amides is 5. The van der Waals surface area contributed by atoms with E-state index in [4.69, 9.17) is 11.5 Å². The van der Waals surface area contributed by atoms with Crippen LogP contribution in [0.1, 0.15) is 103 Å². The summed E-state index contributed by atoms with van der Waals surface area (Å²) in [5.74, 6) is -4.31. The Bertz CT molecular complexity index is 1560. The monoisotopic (exact) mass is 795 g/mol. The standard InChI is InChI=1S/C42H65N7O8/c1-5-7-16-31(44)37(51)47-34(24-27(3)4)39(53)49-35(25-28-14-10-9-11-15-28)40(54)45-32(17-8-6-2)38(52)48-36(26-29-19-21-30(50)22-20-29)41(55)46-33(42(56)57)18-12-13-23-43/h9-11,14-15,19-22,27,31-36,50H,5-8,12-13,16-18,23-26,43-44H2,1-4H3,(H,45,54)(H,46,55)(H,47,51)(H,48,52)(H,49,53)(H,56,57)/t31-,32-,33-,34-,35-,36-/m0/s1. The third kappa shape index (κ3) is 18.2. The number of phenols is 1. The number of carbonyl (C=O) groups excluding carboxylic acids is 5. The molecule has 0 heterocycles. The fraction of sp³-hybridized carbons (Fsp3) is 0.571. The van der Waals surface area contributed by atoms with Gasteiger partial charge in [0.15, 0.2) is 0 Å². The molecule has 57 heavy (non-hydrogen) atoms. The average molecular weight is 796 g/mol. The summed E-state index contributed by atoms with van der Waals surface area (Å²) < 4.78 is 0. The van der Waals surface area contributed by atoms with Gasteiger partial charge in [-0.2, -0.15) is 0 Å². The minimum Gasteiger partial charge on any atom is -0.508 e. The lowest BCUT2D eigenvalue weighted by Crippen LogP contribution is -2.60. The van der Waals surface area contributed by atoms with Crippen LogP contribution >= 0.6 is 0 Å². The Morgan fingerprint density at radius 3 is 1.56 bits per heavy atom. The molecule has 0 aromatic heterocycles. The number of carboxylic acids is 1. The zero-order valence-corrected chi connectivity index (χ0v) is 33.9. The van der Waals surface area contributed by atoms with Crippen molar-refractivity contribution >= 4 is 35.5 Å². The van der Waals surface area contributed by atoms with Crippen LogP contribution in [0.15, 0.2) is 54.6 Å². The van der Waals surface area contributed by atoms with Crippen LogP contribution in [-0.2, 0) is 41.6 Å². The number of nitrogens with two attached hydrogens (primary N) is 2. The van der Waals surface area contributed by atoms with E-state index in [1.54, 1.807) is 36.4 Å². The van der Waals surface area contributed by atoms with Gasteiger partial charge in [-0.15, -0.1) is 0 Å². The Morgan fingerprint density at radius 2 is 1.04 bits per heavy atom. The summed E-state index contributed by atoms with van der Waals surface area (Å²) in [4.78, 5) is 80.7. The first kappa shape index (κ1) is 48.1. The van der Waals surface area contributed by atoms with E-state index in [2.05, 4.69) is 26.6 Å². The molecule has 0 bridgehead atoms. The molecule has 0 fully saturated rings. The first-order chi connectivity index (χ1) is 27.2. The second-order valence-corrected chi connectivity index (χ2v) is 15.0. The van der Waals surface area contributed by atoms with Crippen LogP contribution in [0.25, 0.3) is 0 Å². The van der Waals surface area contributed by atoms with Crippen molar-refractivity contribution in [2.75, 3.05) is 6.54 Å². The smallest absolute Gasteiger partial charge is 0.326 e. The zero-order valence-electron chi connectivity index (χ0n) is 33.9. The van der Waals surface area contributed by atoms with Crippen LogP contribution in [0, 0.1) is 5.92 Å². The summed E-state index contributed by atoms with van der Waals surface area (Å²) in [5, 5.41) is 33.3. The number of phenolic OH excluding ortho intramolecular Hbond substituents is 1. The topological polar surface area (TPSA) is 255 Å². The third-order valence-corrected chi connectivity index (χ3v) is 9.51. The molecule has 5 amide bonds. The van der Waals surface area contributed by atoms with E-state index < -0.39 is 71.8 Å². The SMILES string of the molecule is CCCC[C@H](NC(=O)[C@H](Cc1ccccc1)NC(=O)[C@H](CC(C)C)NC(=O)[C@@H](N)CCCC)C(=O)N[C@@H](Cc1ccc(O)cc1)C(=O)N[C@@H](CCCCN)C(=O)O. The summed E-state index contributed by atoms with van der Waals surface area (Å²) in [6, 6.07) is 8.54. The summed E-state index contributed by atoms with van der Waals surface area (Å²) >= 11 is 0. The minimum atomic E-state index is -1.25. The van der Waals surface area contributed by atoms with Crippen molar-refractivity contribution in [1.82, 2.24) is 26.6 Å². The number of aromatic hydroxyl groups is 1. The normalized spacial score (nSPS) is 14.3. The molecule has 0 aliphatic heterocycles. The molecule has 15 nitrogen and oxygen atoms in total. The zero-order chi connectivity index (χ0) is 42.3. The van der Waals surface area contributed by atoms with Crippen LogP contribution in [0.4, 0.5) is 0 Å². The fourth-order valence-electron chi connectivity index (χ4n) is 6.19. The van der Waals surface area contributed by atoms with E-state index in [9.17, 15) is 39.0 Å². The second kappa shape index (κ2) is 26.0. The summed E-state index contributed by atoms with van der Waals surface area (Å²) in [6.07, 6.45) is 4.98. The number of unbranched alkanes of at least 4 members (excludes halogenated alkanes) is 3. The predicted molar refractivity (Wildman–Crippen MR) is 219 cm³/mol. The summed E-state index contributed by atoms with van der Waals surface area (Å²) in [5.41, 5.74) is 13.0. The third-order valence-electron chi connectivity index (χ3n) is 9.51. The maximum absolute atomic E-state index is 14.2. The lowest BCUT2D eigenvalue weighted by Gasteiger charge is -2.28. The largest absolute Gasteiger partial charge is 0.508 e. The van der Waals surface area contributed by atoms with Crippen molar-refractivity contribution in [3.05, 3.63) is 65.7 Å². The number of carbonyl (C=O) groups is 6. The van der Waals surface area contributed by atoms with Gasteiger partial charge < -0.3 is 48.3 Å². The number of nitrogens with one attached hydrogen (secondary N) is 5. The van der Waals surface area contributed by atoms with E-state index in [1.807, 2.05) is 33.8 Å². The highest BCUT2D eigenvalue weighted by Crippen LogP contribution is 2.14. The van der Waals surface area contributed by atoms with E-state index in [0.717, 1.165) is 18.4 Å². The lowest BCUT2D eigenvalue weighted by molar-refractivity contribution is -0.142. The molecule has 0 saturated heterocycles. The van der Waals surface area contributed by atoms with Crippen LogP contribution in [0.5, 0.6) is 5.75 Å². The van der Waals surface area contributed by atoms with Gasteiger partial charge in [-0.05, 0) is 74.2 Å². The van der Waals surface area contributed by atoms with Crippen molar-refractivity contribution in [3.63, 3.8) is 0 Å². The molecule has 0 spiro atoms. The van der Waals surface area contributed by atoms with E-state index >= 15 is 0 Å². The maximum Gasteiger partial charge on any atom is 0.326 e. The molecular weight excluding hydrogens is 731 g/mol. The average Bonchev–Trinajstić information content (AvgIpc) is 3.18. The Balaban J connectivity index is 2.40. The van der Waals surface area contributed by atoms with E-state index in [1.165, 1.54) is 12.1 Å². The van der Waals surface area contributed by atoms with Gasteiger partial charge in [-0.1, -0.05) is 95.8 Å². The molecule has 15 heteroatoms. The van der Waals surface area contributed by atoms with Crippen molar-refractivity contribution in [2.24, 2.45) is 17.4 Å². The van der Waals surface area contributed by atoms with Gasteiger partial charge in [0.1, 0.15) is 36.0 Å². The van der Waals surface area contributed by atoms with Gasteiger partial charge in [-0.25, -0.2) is 4.79 Å². The van der Waals surface area contributed by atoms with Crippen molar-refractivity contribution in [3.8, 4) is 5.75 Å². The molecule has 2 aromatic rings. The highest BCUT2D eigenvalue weighted by Gasteiger charge is 2.33. The quantitative estimate of drug-likeness (QED) is 0.0598. The fourth-order valence-corrected chi connectivity index (χ4v) is 6.19. The van der Waals surface area contributed by atoms with Gasteiger partial charge in [0.25, 0.3) is 0 Å². The molecular formula is C42H65N7O8. The number of benzene rings is 2. The molecule has 0 saturated carbocycles. The molecule has 0 aliphatic carbocycles. The predicted octanol–water partition coefficient (Wildman–Crippen LogP) is 2.57. The van der Waals surface area contributed by atoms with Crippen molar-refractivity contribution in [1.29, 1.82) is 0 Å². The number of hydrogen-bond donors (Lipinski definition) is 9. The van der Waals surface area contributed by atoms with Crippen LogP contribution in [0.2, 0.25) is 0 Å². The van der Waals surface area contributed by atoms with Crippen LogP contribution in [0.3, 0.4) is 0 Å². The highest BCUT2D eigenvalue weighted by molar-refractivity contribution is 5.96. The summed E-state index contributed by atoms with van der Waals surface area (Å²) in [6.45, 7) is 8.10. The number of rotatable bonds is 27. The number of aliphatic carboxylic acids is 1. The molecule has 0 radical (unpaired) electrons.